The molecule has 2 amide bonds. The number of pyridine rings is 2. The van der Waals surface area contributed by atoms with Gasteiger partial charge in [-0.1, -0.05) is 25.4 Å². The molecular weight excluding hydrogens is 430 g/mol. The third kappa shape index (κ3) is 3.34. The summed E-state index contributed by atoms with van der Waals surface area (Å²) in [7, 11) is 0. The summed E-state index contributed by atoms with van der Waals surface area (Å²) in [5, 5.41) is -0.339. The van der Waals surface area contributed by atoms with E-state index in [9.17, 15) is 23.2 Å². The van der Waals surface area contributed by atoms with Gasteiger partial charge in [0.1, 0.15) is 22.9 Å². The third-order valence-corrected chi connectivity index (χ3v) is 5.67. The number of benzene rings is 1. The maximum atomic E-state index is 14.7. The predicted octanol–water partition coefficient (Wildman–Crippen LogP) is 3.18. The Morgan fingerprint density at radius 1 is 1.23 bits per heavy atom. The number of hydrogen-bond acceptors (Lipinski definition) is 4. The number of rotatable bonds is 3. The first-order chi connectivity index (χ1) is 14.5. The molecule has 1 aliphatic heterocycles. The number of anilines is 1. The van der Waals surface area contributed by atoms with Crippen LogP contribution >= 0.6 is 11.6 Å². The van der Waals surface area contributed by atoms with E-state index in [0.29, 0.717) is 19.0 Å². The summed E-state index contributed by atoms with van der Waals surface area (Å²) < 4.78 is 29.3. The molecule has 3 aromatic rings. The molecule has 1 aromatic carbocycles. The van der Waals surface area contributed by atoms with Gasteiger partial charge in [0.25, 0.3) is 5.91 Å². The maximum absolute atomic E-state index is 14.7. The molecule has 0 bridgehead atoms. The Morgan fingerprint density at radius 2 is 1.94 bits per heavy atom. The second-order valence-corrected chi connectivity index (χ2v) is 8.36. The number of amides is 2. The van der Waals surface area contributed by atoms with E-state index < -0.39 is 33.9 Å². The Balaban J connectivity index is 2.05. The Bertz CT molecular complexity index is 1310. The van der Waals surface area contributed by atoms with E-state index in [1.807, 2.05) is 13.8 Å². The fourth-order valence-corrected chi connectivity index (χ4v) is 3.92. The molecule has 4 rings (SSSR count). The van der Waals surface area contributed by atoms with Gasteiger partial charge >= 0.3 is 0 Å². The van der Waals surface area contributed by atoms with Crippen molar-refractivity contribution in [1.29, 1.82) is 0 Å². The average molecular weight is 447 g/mol. The standard InChI is InChI=1S/C21H17ClF2N4O3/c1-21(2)5-6-27(20(21)31)15-4-3-11-17(29)12(18(25)30)9-28(19(11)26-15)16-13(22)7-10(23)8-14(16)24/h3-4,7-9H,5-6H2,1-2H3,(H2,25,30). The quantitative estimate of drug-likeness (QED) is 0.668. The molecule has 3 heterocycles. The first kappa shape index (κ1) is 20.9. The second-order valence-electron chi connectivity index (χ2n) is 7.96. The number of aromatic nitrogens is 2. The fourth-order valence-electron chi connectivity index (χ4n) is 3.64. The SMILES string of the molecule is CC1(C)CCN(c2ccc3c(=O)c(C(N)=O)cn(-c4c(F)cc(F)cc4Cl)c3n2)C1=O. The van der Waals surface area contributed by atoms with Crippen molar-refractivity contribution < 1.29 is 18.4 Å². The zero-order chi connectivity index (χ0) is 22.7. The van der Waals surface area contributed by atoms with Crippen molar-refractivity contribution in [3.8, 4) is 5.69 Å². The number of primary amides is 1. The van der Waals surface area contributed by atoms with Gasteiger partial charge in [-0.2, -0.15) is 0 Å². The molecule has 0 spiro atoms. The average Bonchev–Trinajstić information content (AvgIpc) is 2.95. The predicted molar refractivity (Wildman–Crippen MR) is 112 cm³/mol. The van der Waals surface area contributed by atoms with E-state index in [0.717, 1.165) is 16.8 Å². The summed E-state index contributed by atoms with van der Waals surface area (Å²) in [5.41, 5.74) is 3.26. The Hall–Kier alpha value is -3.33. The van der Waals surface area contributed by atoms with Crippen molar-refractivity contribution in [2.24, 2.45) is 11.1 Å². The Labute approximate surface area is 180 Å². The molecule has 1 fully saturated rings. The first-order valence-corrected chi connectivity index (χ1v) is 9.72. The van der Waals surface area contributed by atoms with Crippen LogP contribution in [-0.4, -0.2) is 27.9 Å². The molecule has 0 unspecified atom stereocenters. The molecular formula is C21H17ClF2N4O3. The van der Waals surface area contributed by atoms with E-state index in [-0.39, 0.29) is 33.5 Å². The monoisotopic (exact) mass is 446 g/mol. The summed E-state index contributed by atoms with van der Waals surface area (Å²) in [6, 6.07) is 4.37. The van der Waals surface area contributed by atoms with E-state index in [4.69, 9.17) is 17.3 Å². The van der Waals surface area contributed by atoms with Gasteiger partial charge in [0.15, 0.2) is 11.5 Å². The van der Waals surface area contributed by atoms with Crippen LogP contribution in [0.15, 0.2) is 35.3 Å². The number of halogens is 3. The summed E-state index contributed by atoms with van der Waals surface area (Å²) in [5.74, 6) is -2.85. The van der Waals surface area contributed by atoms with Crippen LogP contribution in [0.2, 0.25) is 5.02 Å². The van der Waals surface area contributed by atoms with Crippen LogP contribution in [0.4, 0.5) is 14.6 Å². The van der Waals surface area contributed by atoms with Gasteiger partial charge in [0, 0.05) is 24.2 Å². The number of carbonyl (C=O) groups is 2. The van der Waals surface area contributed by atoms with Crippen molar-refractivity contribution in [1.82, 2.24) is 9.55 Å². The smallest absolute Gasteiger partial charge is 0.254 e. The lowest BCUT2D eigenvalue weighted by atomic mass is 9.92. The van der Waals surface area contributed by atoms with Crippen LogP contribution in [0.5, 0.6) is 0 Å². The van der Waals surface area contributed by atoms with Crippen molar-refractivity contribution in [2.75, 3.05) is 11.4 Å². The van der Waals surface area contributed by atoms with Gasteiger partial charge in [-0.3, -0.25) is 23.9 Å². The van der Waals surface area contributed by atoms with Crippen molar-refractivity contribution >= 4 is 40.3 Å². The largest absolute Gasteiger partial charge is 0.365 e. The van der Waals surface area contributed by atoms with E-state index in [1.165, 1.54) is 17.0 Å². The number of fused-ring (bicyclic) bond motifs is 1. The zero-order valence-corrected chi connectivity index (χ0v) is 17.3. The van der Waals surface area contributed by atoms with Crippen LogP contribution < -0.4 is 16.1 Å². The Kier molecular flexibility index (Phi) is 4.81. The minimum atomic E-state index is -1.03. The van der Waals surface area contributed by atoms with Gasteiger partial charge in [0.05, 0.1) is 10.4 Å². The highest BCUT2D eigenvalue weighted by molar-refractivity contribution is 6.32. The summed E-state index contributed by atoms with van der Waals surface area (Å²) >= 11 is 6.08. The molecule has 0 atom stereocenters. The summed E-state index contributed by atoms with van der Waals surface area (Å²) in [6.45, 7) is 4.05. The second kappa shape index (κ2) is 7.12. The maximum Gasteiger partial charge on any atom is 0.254 e. The summed E-state index contributed by atoms with van der Waals surface area (Å²) in [6.07, 6.45) is 1.62. The fraction of sp³-hybridized carbons (Fsp3) is 0.238. The molecule has 7 nitrogen and oxygen atoms in total. The number of nitrogens with zero attached hydrogens (tertiary/aromatic N) is 3. The molecule has 1 saturated heterocycles. The zero-order valence-electron chi connectivity index (χ0n) is 16.6. The van der Waals surface area contributed by atoms with E-state index in [2.05, 4.69) is 4.98 Å². The molecule has 10 heteroatoms. The molecule has 0 saturated carbocycles. The molecule has 31 heavy (non-hydrogen) atoms. The van der Waals surface area contributed by atoms with Crippen molar-refractivity contribution in [2.45, 2.75) is 20.3 Å². The van der Waals surface area contributed by atoms with Crippen LogP contribution in [0.1, 0.15) is 30.6 Å². The lowest BCUT2D eigenvalue weighted by Crippen LogP contribution is -2.31. The normalized spacial score (nSPS) is 15.6. The number of hydrogen-bond donors (Lipinski definition) is 1. The van der Waals surface area contributed by atoms with E-state index in [1.54, 1.807) is 0 Å². The third-order valence-electron chi connectivity index (χ3n) is 5.39. The van der Waals surface area contributed by atoms with Gasteiger partial charge in [0.2, 0.25) is 11.3 Å². The summed E-state index contributed by atoms with van der Waals surface area (Å²) in [4.78, 5) is 43.2. The highest BCUT2D eigenvalue weighted by Crippen LogP contribution is 2.34. The highest BCUT2D eigenvalue weighted by atomic mass is 35.5. The van der Waals surface area contributed by atoms with Crippen LogP contribution in [0.25, 0.3) is 16.7 Å². The van der Waals surface area contributed by atoms with Crippen molar-refractivity contribution in [3.63, 3.8) is 0 Å². The Morgan fingerprint density at radius 3 is 2.52 bits per heavy atom. The van der Waals surface area contributed by atoms with Gasteiger partial charge < -0.3 is 5.73 Å². The molecule has 0 aliphatic carbocycles. The van der Waals surface area contributed by atoms with Crippen LogP contribution in [-0.2, 0) is 4.79 Å². The van der Waals surface area contributed by atoms with Gasteiger partial charge in [-0.05, 0) is 24.6 Å². The van der Waals surface area contributed by atoms with Crippen LogP contribution in [0.3, 0.4) is 0 Å². The number of nitrogens with two attached hydrogens (primary N) is 1. The number of carbonyl (C=O) groups excluding carboxylic acids is 2. The van der Waals surface area contributed by atoms with Crippen molar-refractivity contribution in [3.05, 3.63) is 62.9 Å². The lowest BCUT2D eigenvalue weighted by Gasteiger charge is -2.20. The lowest BCUT2D eigenvalue weighted by molar-refractivity contribution is -0.124. The minimum absolute atomic E-state index is 0.0363. The highest BCUT2D eigenvalue weighted by Gasteiger charge is 2.40. The topological polar surface area (TPSA) is 98.3 Å². The molecule has 160 valence electrons. The molecule has 2 N–H and O–H groups in total. The molecule has 2 aromatic heterocycles. The van der Waals surface area contributed by atoms with E-state index >= 15 is 0 Å². The first-order valence-electron chi connectivity index (χ1n) is 9.34. The van der Waals surface area contributed by atoms with Crippen LogP contribution in [0, 0.1) is 17.0 Å². The molecule has 1 aliphatic rings. The van der Waals surface area contributed by atoms with Gasteiger partial charge in [-0.25, -0.2) is 13.8 Å². The minimum Gasteiger partial charge on any atom is -0.365 e. The van der Waals surface area contributed by atoms with Gasteiger partial charge in [-0.15, -0.1) is 0 Å². The molecule has 0 radical (unpaired) electrons.